The predicted molar refractivity (Wildman–Crippen MR) is 140 cm³/mol. The van der Waals surface area contributed by atoms with Crippen molar-refractivity contribution < 1.29 is 23.8 Å². The highest BCUT2D eigenvalue weighted by atomic mass is 19.1. The molecule has 7 heteroatoms. The Morgan fingerprint density at radius 1 is 1.05 bits per heavy atom. The van der Waals surface area contributed by atoms with E-state index in [1.54, 1.807) is 48.4 Å². The van der Waals surface area contributed by atoms with E-state index >= 15 is 0 Å². The number of carbonyl (C=O) groups excluding carboxylic acids is 1. The van der Waals surface area contributed by atoms with Crippen LogP contribution in [0.25, 0.3) is 0 Å². The van der Waals surface area contributed by atoms with Gasteiger partial charge < -0.3 is 19.5 Å². The normalized spacial score (nSPS) is 22.9. The number of hydrogen-bond donors (Lipinski definition) is 1. The van der Waals surface area contributed by atoms with Gasteiger partial charge in [0.15, 0.2) is 0 Å². The summed E-state index contributed by atoms with van der Waals surface area (Å²) in [4.78, 5) is 17.8. The molecule has 0 radical (unpaired) electrons. The molecule has 2 aliphatic heterocycles. The maximum absolute atomic E-state index is 13.8. The lowest BCUT2D eigenvalue weighted by Gasteiger charge is -2.49. The van der Waals surface area contributed by atoms with Crippen molar-refractivity contribution in [1.82, 2.24) is 4.90 Å². The Morgan fingerprint density at radius 2 is 1.78 bits per heavy atom. The second kappa shape index (κ2) is 11.0. The summed E-state index contributed by atoms with van der Waals surface area (Å²) in [5.74, 6) is 0.118. The number of methoxy groups -OCH3 is 1. The Hall–Kier alpha value is -3.26. The highest BCUT2D eigenvalue weighted by Crippen LogP contribution is 2.37. The van der Waals surface area contributed by atoms with E-state index in [4.69, 9.17) is 9.47 Å². The lowest BCUT2D eigenvalue weighted by molar-refractivity contribution is -0.138. The Balaban J connectivity index is 1.38. The lowest BCUT2D eigenvalue weighted by Crippen LogP contribution is -2.59. The maximum atomic E-state index is 13.8. The van der Waals surface area contributed by atoms with E-state index in [0.717, 1.165) is 5.56 Å². The van der Waals surface area contributed by atoms with Gasteiger partial charge in [0.1, 0.15) is 17.2 Å². The van der Waals surface area contributed by atoms with Crippen molar-refractivity contribution in [1.29, 1.82) is 0 Å². The SMILES string of the molecule is COc1cccc(C(=O)N(c2ccc(F)cc2)C2CCN(C3COCCC3(O)c3ccccc3)CC2)c1. The zero-order valence-electron chi connectivity index (χ0n) is 21.1. The van der Waals surface area contributed by atoms with Crippen LogP contribution in [0, 0.1) is 5.82 Å². The first-order valence-corrected chi connectivity index (χ1v) is 12.8. The Bertz CT molecular complexity index is 1200. The molecule has 37 heavy (non-hydrogen) atoms. The fourth-order valence-electron chi connectivity index (χ4n) is 5.64. The number of hydrogen-bond acceptors (Lipinski definition) is 5. The lowest BCUT2D eigenvalue weighted by atomic mass is 9.81. The van der Waals surface area contributed by atoms with Crippen LogP contribution in [0.1, 0.15) is 35.2 Å². The second-order valence-electron chi connectivity index (χ2n) is 9.78. The third-order valence-electron chi connectivity index (χ3n) is 7.67. The Labute approximate surface area is 217 Å². The number of aliphatic hydroxyl groups is 1. The van der Waals surface area contributed by atoms with Crippen LogP contribution in [-0.4, -0.2) is 61.4 Å². The van der Waals surface area contributed by atoms with Crippen LogP contribution in [0.15, 0.2) is 78.9 Å². The van der Waals surface area contributed by atoms with E-state index in [1.165, 1.54) is 12.1 Å². The number of ether oxygens (including phenoxy) is 2. The number of anilines is 1. The number of likely N-dealkylation sites (tertiary alicyclic amines) is 1. The van der Waals surface area contributed by atoms with Gasteiger partial charge in [-0.15, -0.1) is 0 Å². The first-order valence-electron chi connectivity index (χ1n) is 12.8. The monoisotopic (exact) mass is 504 g/mol. The first-order chi connectivity index (χ1) is 18.0. The summed E-state index contributed by atoms with van der Waals surface area (Å²) in [5.41, 5.74) is 1.10. The molecule has 2 heterocycles. The van der Waals surface area contributed by atoms with Crippen LogP contribution in [0.3, 0.4) is 0 Å². The summed E-state index contributed by atoms with van der Waals surface area (Å²) in [6, 6.07) is 22.8. The molecular formula is C30H33FN2O4. The quantitative estimate of drug-likeness (QED) is 0.531. The van der Waals surface area contributed by atoms with Crippen molar-refractivity contribution >= 4 is 11.6 Å². The van der Waals surface area contributed by atoms with Gasteiger partial charge in [0.25, 0.3) is 5.91 Å². The number of nitrogens with zero attached hydrogens (tertiary/aromatic N) is 2. The number of piperidine rings is 1. The van der Waals surface area contributed by atoms with Gasteiger partial charge in [-0.05, 0) is 60.9 Å². The zero-order valence-corrected chi connectivity index (χ0v) is 21.1. The molecule has 194 valence electrons. The average Bonchev–Trinajstić information content (AvgIpc) is 2.95. The van der Waals surface area contributed by atoms with Crippen molar-refractivity contribution in [3.63, 3.8) is 0 Å². The Morgan fingerprint density at radius 3 is 2.49 bits per heavy atom. The van der Waals surface area contributed by atoms with E-state index in [2.05, 4.69) is 4.90 Å². The molecule has 0 spiro atoms. The van der Waals surface area contributed by atoms with Crippen LogP contribution < -0.4 is 9.64 Å². The van der Waals surface area contributed by atoms with Gasteiger partial charge >= 0.3 is 0 Å². The minimum atomic E-state index is -0.987. The number of carbonyl (C=O) groups is 1. The van der Waals surface area contributed by atoms with Crippen LogP contribution in [-0.2, 0) is 10.3 Å². The molecule has 1 amide bonds. The molecule has 3 aromatic carbocycles. The molecule has 0 aliphatic carbocycles. The summed E-state index contributed by atoms with van der Waals surface area (Å²) >= 11 is 0. The van der Waals surface area contributed by atoms with Crippen molar-refractivity contribution in [3.8, 4) is 5.75 Å². The molecule has 3 aromatic rings. The molecule has 2 saturated heterocycles. The van der Waals surface area contributed by atoms with Gasteiger partial charge in [-0.2, -0.15) is 0 Å². The predicted octanol–water partition coefficient (Wildman–Crippen LogP) is 4.62. The molecule has 5 rings (SSSR count). The van der Waals surface area contributed by atoms with E-state index in [-0.39, 0.29) is 23.8 Å². The summed E-state index contributed by atoms with van der Waals surface area (Å²) in [6.07, 6.45) is 1.97. The topological polar surface area (TPSA) is 62.2 Å². The van der Waals surface area contributed by atoms with Crippen LogP contribution in [0.2, 0.25) is 0 Å². The number of amides is 1. The van der Waals surface area contributed by atoms with Crippen molar-refractivity contribution in [3.05, 3.63) is 95.8 Å². The van der Waals surface area contributed by atoms with Crippen LogP contribution in [0.4, 0.5) is 10.1 Å². The summed E-state index contributed by atoms with van der Waals surface area (Å²) in [6.45, 7) is 2.39. The smallest absolute Gasteiger partial charge is 0.258 e. The number of benzene rings is 3. The van der Waals surface area contributed by atoms with E-state index < -0.39 is 5.60 Å². The third-order valence-corrected chi connectivity index (χ3v) is 7.67. The minimum absolute atomic E-state index is 0.0743. The highest BCUT2D eigenvalue weighted by molar-refractivity contribution is 6.06. The summed E-state index contributed by atoms with van der Waals surface area (Å²) < 4.78 is 24.9. The third kappa shape index (κ3) is 5.25. The van der Waals surface area contributed by atoms with Crippen LogP contribution >= 0.6 is 0 Å². The highest BCUT2D eigenvalue weighted by Gasteiger charge is 2.45. The molecule has 2 unspecified atom stereocenters. The van der Waals surface area contributed by atoms with Gasteiger partial charge in [-0.25, -0.2) is 4.39 Å². The fourth-order valence-corrected chi connectivity index (χ4v) is 5.64. The van der Waals surface area contributed by atoms with Gasteiger partial charge in [0.2, 0.25) is 0 Å². The van der Waals surface area contributed by atoms with Crippen molar-refractivity contribution in [2.75, 3.05) is 38.3 Å². The van der Waals surface area contributed by atoms with Gasteiger partial charge in [0, 0.05) is 43.4 Å². The molecule has 1 N–H and O–H groups in total. The van der Waals surface area contributed by atoms with E-state index in [1.807, 2.05) is 30.3 Å². The maximum Gasteiger partial charge on any atom is 0.258 e. The molecule has 6 nitrogen and oxygen atoms in total. The van der Waals surface area contributed by atoms with E-state index in [9.17, 15) is 14.3 Å². The molecule has 0 aromatic heterocycles. The Kier molecular flexibility index (Phi) is 7.55. The zero-order chi connectivity index (χ0) is 25.8. The first kappa shape index (κ1) is 25.4. The van der Waals surface area contributed by atoms with Gasteiger partial charge in [-0.3, -0.25) is 9.69 Å². The number of rotatable bonds is 6. The van der Waals surface area contributed by atoms with Crippen molar-refractivity contribution in [2.24, 2.45) is 0 Å². The van der Waals surface area contributed by atoms with Crippen LogP contribution in [0.5, 0.6) is 5.75 Å². The molecule has 2 aliphatic rings. The van der Waals surface area contributed by atoms with E-state index in [0.29, 0.717) is 62.6 Å². The molecule has 2 atom stereocenters. The average molecular weight is 505 g/mol. The van der Waals surface area contributed by atoms with Gasteiger partial charge in [-0.1, -0.05) is 36.4 Å². The molecule has 0 bridgehead atoms. The minimum Gasteiger partial charge on any atom is -0.497 e. The van der Waals surface area contributed by atoms with Crippen molar-refractivity contribution in [2.45, 2.75) is 36.9 Å². The molecule has 0 saturated carbocycles. The van der Waals surface area contributed by atoms with Gasteiger partial charge in [0.05, 0.1) is 19.8 Å². The summed E-state index contributed by atoms with van der Waals surface area (Å²) in [5, 5.41) is 11.8. The molecule has 2 fully saturated rings. The second-order valence-corrected chi connectivity index (χ2v) is 9.78. The fraction of sp³-hybridized carbons (Fsp3) is 0.367. The standard InChI is InChI=1S/C30H33FN2O4/c1-36-27-9-5-6-22(20-27)29(34)33(25-12-10-24(31)11-13-25)26-14-17-32(18-15-26)28-21-37-19-16-30(28,35)23-7-3-2-4-8-23/h2-13,20,26,28,35H,14-19,21H2,1H3. The largest absolute Gasteiger partial charge is 0.497 e. The summed E-state index contributed by atoms with van der Waals surface area (Å²) in [7, 11) is 1.57. The molecular weight excluding hydrogens is 471 g/mol. The number of halogens is 1.